The van der Waals surface area contributed by atoms with E-state index in [0.29, 0.717) is 5.25 Å². The molecule has 2 rings (SSSR count). The molecule has 0 unspecified atom stereocenters. The maximum absolute atomic E-state index is 9.46. The van der Waals surface area contributed by atoms with Gasteiger partial charge in [-0.15, -0.1) is 11.8 Å². The fourth-order valence-electron chi connectivity index (χ4n) is 2.06. The zero-order valence-corrected chi connectivity index (χ0v) is 10.4. The second-order valence-corrected chi connectivity index (χ2v) is 5.54. The lowest BCUT2D eigenvalue weighted by molar-refractivity contribution is 0.132. The van der Waals surface area contributed by atoms with Crippen LogP contribution in [-0.4, -0.2) is 23.6 Å². The lowest BCUT2D eigenvalue weighted by Gasteiger charge is -2.25. The molecule has 88 valence electrons. The summed E-state index contributed by atoms with van der Waals surface area (Å²) < 4.78 is 5.34. The van der Waals surface area contributed by atoms with Crippen LogP contribution in [0.2, 0.25) is 0 Å². The molecule has 0 aliphatic heterocycles. The monoisotopic (exact) mass is 238 g/mol. The molecule has 16 heavy (non-hydrogen) atoms. The van der Waals surface area contributed by atoms with Crippen molar-refractivity contribution in [3.05, 3.63) is 24.3 Å². The van der Waals surface area contributed by atoms with E-state index in [1.54, 1.807) is 7.11 Å². The van der Waals surface area contributed by atoms with E-state index in [9.17, 15) is 5.11 Å². The average Bonchev–Trinajstić information content (AvgIpc) is 2.33. The second-order valence-electron chi connectivity index (χ2n) is 4.20. The lowest BCUT2D eigenvalue weighted by Crippen LogP contribution is -2.19. The van der Waals surface area contributed by atoms with Crippen molar-refractivity contribution in [3.63, 3.8) is 0 Å². The molecule has 0 radical (unpaired) electrons. The summed E-state index contributed by atoms with van der Waals surface area (Å²) in [7, 11) is 1.71. The van der Waals surface area contributed by atoms with E-state index in [0.717, 1.165) is 31.4 Å². The Bertz CT molecular complexity index is 332. The summed E-state index contributed by atoms with van der Waals surface area (Å²) in [6.45, 7) is 0. The zero-order chi connectivity index (χ0) is 11.4. The Balaban J connectivity index is 1.98. The Morgan fingerprint density at radius 3 is 2.56 bits per heavy atom. The molecule has 1 aliphatic rings. The summed E-state index contributed by atoms with van der Waals surface area (Å²) >= 11 is 1.88. The highest BCUT2D eigenvalue weighted by Crippen LogP contribution is 2.37. The van der Waals surface area contributed by atoms with Crippen LogP contribution in [0, 0.1) is 0 Å². The highest BCUT2D eigenvalue weighted by molar-refractivity contribution is 8.00. The van der Waals surface area contributed by atoms with E-state index in [2.05, 4.69) is 6.07 Å². The molecule has 1 saturated carbocycles. The molecule has 1 fully saturated rings. The van der Waals surface area contributed by atoms with E-state index in [1.807, 2.05) is 30.0 Å². The van der Waals surface area contributed by atoms with Gasteiger partial charge in [0.05, 0.1) is 13.2 Å². The normalized spacial score (nSPS) is 25.4. The van der Waals surface area contributed by atoms with Crippen molar-refractivity contribution in [1.29, 1.82) is 0 Å². The summed E-state index contributed by atoms with van der Waals surface area (Å²) in [6.07, 6.45) is 4.00. The average molecular weight is 238 g/mol. The Morgan fingerprint density at radius 1 is 1.19 bits per heavy atom. The summed E-state index contributed by atoms with van der Waals surface area (Å²) in [5.74, 6) is 0.957. The maximum Gasteiger partial charge on any atom is 0.132 e. The van der Waals surface area contributed by atoms with Gasteiger partial charge in [0.25, 0.3) is 0 Å². The molecular weight excluding hydrogens is 220 g/mol. The van der Waals surface area contributed by atoms with Gasteiger partial charge in [0.15, 0.2) is 0 Å². The number of ether oxygens (including phenoxy) is 1. The van der Waals surface area contributed by atoms with E-state index < -0.39 is 0 Å². The van der Waals surface area contributed by atoms with Crippen LogP contribution in [0.25, 0.3) is 0 Å². The van der Waals surface area contributed by atoms with Crippen molar-refractivity contribution in [2.75, 3.05) is 7.11 Å². The summed E-state index contributed by atoms with van der Waals surface area (Å²) in [4.78, 5) is 1.21. The van der Waals surface area contributed by atoms with Crippen LogP contribution in [0.3, 0.4) is 0 Å². The Labute approximate surface area is 101 Å². The summed E-state index contributed by atoms with van der Waals surface area (Å²) in [5, 5.41) is 10.1. The van der Waals surface area contributed by atoms with Gasteiger partial charge < -0.3 is 9.84 Å². The predicted octanol–water partition coefficient (Wildman–Crippen LogP) is 3.09. The fraction of sp³-hybridized carbons (Fsp3) is 0.538. The van der Waals surface area contributed by atoms with Gasteiger partial charge in [-0.1, -0.05) is 12.1 Å². The number of thioether (sulfide) groups is 1. The molecule has 2 nitrogen and oxygen atoms in total. The second kappa shape index (κ2) is 5.60. The highest BCUT2D eigenvalue weighted by atomic mass is 32.2. The third-order valence-corrected chi connectivity index (χ3v) is 4.40. The zero-order valence-electron chi connectivity index (χ0n) is 9.56. The fourth-order valence-corrected chi connectivity index (χ4v) is 3.35. The van der Waals surface area contributed by atoms with Crippen LogP contribution >= 0.6 is 11.8 Å². The maximum atomic E-state index is 9.46. The van der Waals surface area contributed by atoms with Crippen LogP contribution in [-0.2, 0) is 0 Å². The molecule has 0 bridgehead atoms. The van der Waals surface area contributed by atoms with E-state index in [-0.39, 0.29) is 6.10 Å². The number of rotatable bonds is 3. The quantitative estimate of drug-likeness (QED) is 0.877. The van der Waals surface area contributed by atoms with Crippen molar-refractivity contribution in [3.8, 4) is 5.75 Å². The first-order valence-electron chi connectivity index (χ1n) is 5.77. The van der Waals surface area contributed by atoms with Crippen molar-refractivity contribution >= 4 is 11.8 Å². The Hall–Kier alpha value is -0.670. The third-order valence-electron chi connectivity index (χ3n) is 3.01. The molecule has 0 amide bonds. The lowest BCUT2D eigenvalue weighted by atomic mass is 9.97. The molecule has 1 aromatic carbocycles. The standard InChI is InChI=1S/C13H18O2S/c1-15-12-4-2-3-5-13(12)16-11-8-6-10(14)7-9-11/h2-5,10-11,14H,6-9H2,1H3. The van der Waals surface area contributed by atoms with Gasteiger partial charge in [-0.05, 0) is 37.8 Å². The molecule has 0 heterocycles. The SMILES string of the molecule is COc1ccccc1SC1CCC(O)CC1. The number of methoxy groups -OCH3 is 1. The van der Waals surface area contributed by atoms with Gasteiger partial charge in [-0.25, -0.2) is 0 Å². The molecule has 0 spiro atoms. The van der Waals surface area contributed by atoms with Crippen LogP contribution in [0.1, 0.15) is 25.7 Å². The van der Waals surface area contributed by atoms with Gasteiger partial charge >= 0.3 is 0 Å². The number of aliphatic hydroxyl groups excluding tert-OH is 1. The molecular formula is C13H18O2S. The minimum atomic E-state index is -0.0745. The molecule has 1 aromatic rings. The number of aliphatic hydroxyl groups is 1. The predicted molar refractivity (Wildman–Crippen MR) is 67.1 cm³/mol. The van der Waals surface area contributed by atoms with Crippen LogP contribution < -0.4 is 4.74 Å². The molecule has 0 aromatic heterocycles. The number of hydrogen-bond acceptors (Lipinski definition) is 3. The molecule has 0 atom stereocenters. The molecule has 1 N–H and O–H groups in total. The third kappa shape index (κ3) is 2.92. The molecule has 3 heteroatoms. The first kappa shape index (κ1) is 11.8. The molecule has 1 aliphatic carbocycles. The van der Waals surface area contributed by atoms with Gasteiger partial charge in [-0.3, -0.25) is 0 Å². The van der Waals surface area contributed by atoms with Crippen LogP contribution in [0.5, 0.6) is 5.75 Å². The van der Waals surface area contributed by atoms with Gasteiger partial charge in [0.1, 0.15) is 5.75 Å². The highest BCUT2D eigenvalue weighted by Gasteiger charge is 2.21. The minimum absolute atomic E-state index is 0.0745. The first-order chi connectivity index (χ1) is 7.79. The van der Waals surface area contributed by atoms with Gasteiger partial charge in [0.2, 0.25) is 0 Å². The minimum Gasteiger partial charge on any atom is -0.496 e. The number of benzene rings is 1. The van der Waals surface area contributed by atoms with Gasteiger partial charge in [0, 0.05) is 10.1 Å². The van der Waals surface area contributed by atoms with Crippen molar-refractivity contribution in [1.82, 2.24) is 0 Å². The number of hydrogen-bond donors (Lipinski definition) is 1. The van der Waals surface area contributed by atoms with E-state index in [1.165, 1.54) is 4.90 Å². The summed E-state index contributed by atoms with van der Waals surface area (Å²) in [6, 6.07) is 8.14. The van der Waals surface area contributed by atoms with Crippen molar-refractivity contribution in [2.24, 2.45) is 0 Å². The van der Waals surface area contributed by atoms with E-state index in [4.69, 9.17) is 4.74 Å². The summed E-state index contributed by atoms with van der Waals surface area (Å²) in [5.41, 5.74) is 0. The largest absolute Gasteiger partial charge is 0.496 e. The smallest absolute Gasteiger partial charge is 0.132 e. The Morgan fingerprint density at radius 2 is 1.88 bits per heavy atom. The topological polar surface area (TPSA) is 29.5 Å². The number of para-hydroxylation sites is 1. The van der Waals surface area contributed by atoms with E-state index >= 15 is 0 Å². The first-order valence-corrected chi connectivity index (χ1v) is 6.65. The Kier molecular flexibility index (Phi) is 4.13. The van der Waals surface area contributed by atoms with Gasteiger partial charge in [-0.2, -0.15) is 0 Å². The van der Waals surface area contributed by atoms with Crippen molar-refractivity contribution < 1.29 is 9.84 Å². The van der Waals surface area contributed by atoms with Crippen molar-refractivity contribution in [2.45, 2.75) is 41.9 Å². The van der Waals surface area contributed by atoms with Crippen LogP contribution in [0.15, 0.2) is 29.2 Å². The van der Waals surface area contributed by atoms with Crippen LogP contribution in [0.4, 0.5) is 0 Å². The molecule has 0 saturated heterocycles.